The SMILES string of the molecule is N#Cc1ccc(NC(=O)C2CSCN2C(=O)c2cccs2)cc1. The predicted molar refractivity (Wildman–Crippen MR) is 91.4 cm³/mol. The molecule has 1 aliphatic rings. The van der Waals surface area contributed by atoms with Gasteiger partial charge in [0.05, 0.1) is 22.4 Å². The minimum absolute atomic E-state index is 0.107. The lowest BCUT2D eigenvalue weighted by Crippen LogP contribution is -2.44. The maximum Gasteiger partial charge on any atom is 0.265 e. The van der Waals surface area contributed by atoms with E-state index in [9.17, 15) is 9.59 Å². The molecule has 2 amide bonds. The second kappa shape index (κ2) is 6.86. The molecule has 1 N–H and O–H groups in total. The highest BCUT2D eigenvalue weighted by molar-refractivity contribution is 7.99. The number of rotatable bonds is 3. The van der Waals surface area contributed by atoms with Crippen molar-refractivity contribution in [1.29, 1.82) is 5.26 Å². The molecule has 2 heterocycles. The van der Waals surface area contributed by atoms with Crippen molar-refractivity contribution in [2.45, 2.75) is 6.04 Å². The van der Waals surface area contributed by atoms with Gasteiger partial charge in [-0.1, -0.05) is 6.07 Å². The molecule has 0 saturated carbocycles. The molecule has 116 valence electrons. The fraction of sp³-hybridized carbons (Fsp3) is 0.188. The highest BCUT2D eigenvalue weighted by atomic mass is 32.2. The summed E-state index contributed by atoms with van der Waals surface area (Å²) in [5.74, 6) is 0.788. The lowest BCUT2D eigenvalue weighted by Gasteiger charge is -2.22. The lowest BCUT2D eigenvalue weighted by molar-refractivity contribution is -0.119. The van der Waals surface area contributed by atoms with E-state index >= 15 is 0 Å². The second-order valence-corrected chi connectivity index (χ2v) is 6.89. The second-order valence-electron chi connectivity index (χ2n) is 4.95. The molecule has 0 spiro atoms. The summed E-state index contributed by atoms with van der Waals surface area (Å²) in [4.78, 5) is 27.2. The zero-order chi connectivity index (χ0) is 16.2. The normalized spacial score (nSPS) is 16.8. The Balaban J connectivity index is 1.70. The van der Waals surface area contributed by atoms with Crippen molar-refractivity contribution >= 4 is 40.6 Å². The summed E-state index contributed by atoms with van der Waals surface area (Å²) in [7, 11) is 0. The van der Waals surface area contributed by atoms with Crippen molar-refractivity contribution in [3.8, 4) is 6.07 Å². The van der Waals surface area contributed by atoms with Crippen molar-refractivity contribution in [2.24, 2.45) is 0 Å². The Morgan fingerprint density at radius 3 is 2.70 bits per heavy atom. The Hall–Kier alpha value is -2.30. The average Bonchev–Trinajstić information content (AvgIpc) is 3.26. The maximum atomic E-state index is 12.5. The van der Waals surface area contributed by atoms with Crippen molar-refractivity contribution in [1.82, 2.24) is 4.90 Å². The van der Waals surface area contributed by atoms with Crippen molar-refractivity contribution in [3.63, 3.8) is 0 Å². The first kappa shape index (κ1) is 15.6. The van der Waals surface area contributed by atoms with Crippen molar-refractivity contribution in [3.05, 3.63) is 52.2 Å². The van der Waals surface area contributed by atoms with Crippen LogP contribution in [-0.4, -0.2) is 34.4 Å². The van der Waals surface area contributed by atoms with Crippen LogP contribution in [0.3, 0.4) is 0 Å². The number of hydrogen-bond donors (Lipinski definition) is 1. The Morgan fingerprint density at radius 1 is 1.26 bits per heavy atom. The van der Waals surface area contributed by atoms with Crippen molar-refractivity contribution in [2.75, 3.05) is 16.9 Å². The van der Waals surface area contributed by atoms with E-state index in [1.165, 1.54) is 11.3 Å². The van der Waals surface area contributed by atoms with Crippen LogP contribution in [0.5, 0.6) is 0 Å². The summed E-state index contributed by atoms with van der Waals surface area (Å²) in [6.45, 7) is 0. The van der Waals surface area contributed by atoms with Gasteiger partial charge in [-0.15, -0.1) is 23.1 Å². The van der Waals surface area contributed by atoms with Crippen LogP contribution in [0.15, 0.2) is 41.8 Å². The van der Waals surface area contributed by atoms with Crippen molar-refractivity contribution < 1.29 is 9.59 Å². The molecule has 5 nitrogen and oxygen atoms in total. The third-order valence-corrected chi connectivity index (χ3v) is 5.33. The van der Waals surface area contributed by atoms with Gasteiger partial charge in [-0.25, -0.2) is 0 Å². The number of amides is 2. The van der Waals surface area contributed by atoms with E-state index in [4.69, 9.17) is 5.26 Å². The molecule has 1 aromatic heterocycles. The molecule has 2 aromatic rings. The van der Waals surface area contributed by atoms with Crippen LogP contribution in [0, 0.1) is 11.3 Å². The number of nitrogens with zero attached hydrogens (tertiary/aromatic N) is 2. The summed E-state index contributed by atoms with van der Waals surface area (Å²) in [5, 5.41) is 13.4. The molecule has 0 radical (unpaired) electrons. The number of nitriles is 1. The van der Waals surface area contributed by atoms with Gasteiger partial charge in [0.15, 0.2) is 0 Å². The molecular weight excluding hydrogens is 330 g/mol. The molecule has 7 heteroatoms. The van der Waals surface area contributed by atoms with Crippen LogP contribution in [0.2, 0.25) is 0 Å². The smallest absolute Gasteiger partial charge is 0.265 e. The molecule has 0 aliphatic carbocycles. The third-order valence-electron chi connectivity index (χ3n) is 3.46. The Labute approximate surface area is 141 Å². The zero-order valence-corrected chi connectivity index (χ0v) is 13.7. The van der Waals surface area contributed by atoms with E-state index in [1.807, 2.05) is 17.5 Å². The number of carbonyl (C=O) groups is 2. The molecule has 1 aliphatic heterocycles. The molecule has 0 bridgehead atoms. The third kappa shape index (κ3) is 3.38. The fourth-order valence-corrected chi connectivity index (χ4v) is 4.09. The minimum atomic E-state index is -0.481. The quantitative estimate of drug-likeness (QED) is 0.930. The summed E-state index contributed by atoms with van der Waals surface area (Å²) in [5.41, 5.74) is 1.16. The van der Waals surface area contributed by atoms with E-state index < -0.39 is 6.04 Å². The van der Waals surface area contributed by atoms with Crippen LogP contribution in [-0.2, 0) is 4.79 Å². The van der Waals surface area contributed by atoms with Gasteiger partial charge in [-0.05, 0) is 35.7 Å². The molecule has 1 aromatic carbocycles. The highest BCUT2D eigenvalue weighted by Crippen LogP contribution is 2.25. The Kier molecular flexibility index (Phi) is 4.65. The monoisotopic (exact) mass is 343 g/mol. The average molecular weight is 343 g/mol. The molecule has 23 heavy (non-hydrogen) atoms. The van der Waals surface area contributed by atoms with Gasteiger partial charge in [0, 0.05) is 11.4 Å². The Morgan fingerprint density at radius 2 is 2.04 bits per heavy atom. The van der Waals surface area contributed by atoms with Crippen LogP contribution < -0.4 is 5.32 Å². The first-order chi connectivity index (χ1) is 11.2. The Bertz CT molecular complexity index is 751. The van der Waals surface area contributed by atoms with Gasteiger partial charge in [0.1, 0.15) is 6.04 Å². The van der Waals surface area contributed by atoms with E-state index in [1.54, 1.807) is 47.0 Å². The van der Waals surface area contributed by atoms with Crippen LogP contribution >= 0.6 is 23.1 Å². The molecule has 1 fully saturated rings. The summed E-state index contributed by atoms with van der Waals surface area (Å²) < 4.78 is 0. The first-order valence-electron chi connectivity index (χ1n) is 6.92. The molecular formula is C16H13N3O2S2. The summed E-state index contributed by atoms with van der Waals surface area (Å²) >= 11 is 2.94. The zero-order valence-electron chi connectivity index (χ0n) is 12.1. The summed E-state index contributed by atoms with van der Waals surface area (Å²) in [6.07, 6.45) is 0. The van der Waals surface area contributed by atoms with Crippen LogP contribution in [0.4, 0.5) is 5.69 Å². The lowest BCUT2D eigenvalue weighted by atomic mass is 10.2. The van der Waals surface area contributed by atoms with Gasteiger partial charge < -0.3 is 10.2 Å². The number of anilines is 1. The van der Waals surface area contributed by atoms with Gasteiger partial charge in [-0.2, -0.15) is 5.26 Å². The number of thioether (sulfide) groups is 1. The number of benzene rings is 1. The molecule has 1 saturated heterocycles. The van der Waals surface area contributed by atoms with Gasteiger partial charge in [-0.3, -0.25) is 9.59 Å². The van der Waals surface area contributed by atoms with Crippen LogP contribution in [0.1, 0.15) is 15.2 Å². The van der Waals surface area contributed by atoms with Crippen LogP contribution in [0.25, 0.3) is 0 Å². The number of carbonyl (C=O) groups excluding carboxylic acids is 2. The first-order valence-corrected chi connectivity index (χ1v) is 8.96. The number of thiophene rings is 1. The largest absolute Gasteiger partial charge is 0.324 e. The molecule has 3 rings (SSSR count). The molecule has 1 unspecified atom stereocenters. The predicted octanol–water partition coefficient (Wildman–Crippen LogP) is 2.77. The van der Waals surface area contributed by atoms with E-state index in [-0.39, 0.29) is 11.8 Å². The number of nitrogens with one attached hydrogen (secondary N) is 1. The molecule has 1 atom stereocenters. The van der Waals surface area contributed by atoms with Gasteiger partial charge in [0.25, 0.3) is 5.91 Å². The number of hydrogen-bond acceptors (Lipinski definition) is 5. The fourth-order valence-electron chi connectivity index (χ4n) is 2.26. The van der Waals surface area contributed by atoms with Gasteiger partial charge >= 0.3 is 0 Å². The maximum absolute atomic E-state index is 12.5. The minimum Gasteiger partial charge on any atom is -0.324 e. The topological polar surface area (TPSA) is 73.2 Å². The van der Waals surface area contributed by atoms with E-state index in [0.717, 1.165) is 0 Å². The highest BCUT2D eigenvalue weighted by Gasteiger charge is 2.35. The summed E-state index contributed by atoms with van der Waals surface area (Å²) in [6, 6.07) is 11.8. The van der Waals surface area contributed by atoms with E-state index in [2.05, 4.69) is 5.32 Å². The standard InChI is InChI=1S/C16H13N3O2S2/c17-8-11-3-5-12(6-4-11)18-15(20)13-9-22-10-19(13)16(21)14-2-1-7-23-14/h1-7,13H,9-10H2,(H,18,20). The van der Waals surface area contributed by atoms with E-state index in [0.29, 0.717) is 27.8 Å². The van der Waals surface area contributed by atoms with Gasteiger partial charge in [0.2, 0.25) is 5.91 Å².